The van der Waals surface area contributed by atoms with E-state index in [0.717, 1.165) is 17.5 Å². The average molecular weight is 256 g/mol. The normalized spacial score (nSPS) is 10.7. The Kier molecular flexibility index (Phi) is 4.73. The molecule has 1 heteroatoms. The van der Waals surface area contributed by atoms with E-state index in [9.17, 15) is 4.39 Å². The van der Waals surface area contributed by atoms with Crippen molar-refractivity contribution in [2.24, 2.45) is 0 Å². The van der Waals surface area contributed by atoms with Crippen LogP contribution in [0.15, 0.2) is 42.5 Å². The molecule has 0 fully saturated rings. The molecule has 0 heterocycles. The molecule has 100 valence electrons. The van der Waals surface area contributed by atoms with E-state index in [0.29, 0.717) is 5.56 Å². The van der Waals surface area contributed by atoms with Gasteiger partial charge >= 0.3 is 0 Å². The largest absolute Gasteiger partial charge is 0.207 e. The summed E-state index contributed by atoms with van der Waals surface area (Å²) in [5.41, 5.74) is 4.09. The van der Waals surface area contributed by atoms with Crippen molar-refractivity contribution in [1.82, 2.24) is 0 Å². The molecule has 0 radical (unpaired) electrons. The van der Waals surface area contributed by atoms with Crippen molar-refractivity contribution in [2.75, 3.05) is 0 Å². The van der Waals surface area contributed by atoms with Crippen LogP contribution >= 0.6 is 0 Å². The molecule has 2 aromatic carbocycles. The van der Waals surface area contributed by atoms with Gasteiger partial charge in [-0.25, -0.2) is 4.39 Å². The highest BCUT2D eigenvalue weighted by molar-refractivity contribution is 5.64. The zero-order valence-electron chi connectivity index (χ0n) is 11.7. The summed E-state index contributed by atoms with van der Waals surface area (Å²) >= 11 is 0. The molecule has 0 aromatic heterocycles. The van der Waals surface area contributed by atoms with Crippen molar-refractivity contribution in [3.63, 3.8) is 0 Å². The van der Waals surface area contributed by atoms with Crippen LogP contribution in [0.5, 0.6) is 0 Å². The van der Waals surface area contributed by atoms with Crippen LogP contribution in [0, 0.1) is 12.7 Å². The number of benzene rings is 2. The summed E-state index contributed by atoms with van der Waals surface area (Å²) in [5, 5.41) is 0. The molecule has 0 amide bonds. The maximum atomic E-state index is 13.5. The number of halogens is 1. The summed E-state index contributed by atoms with van der Waals surface area (Å²) in [4.78, 5) is 0. The number of hydrogen-bond acceptors (Lipinski definition) is 0. The van der Waals surface area contributed by atoms with E-state index in [1.807, 2.05) is 12.1 Å². The molecular formula is C18H21F. The van der Waals surface area contributed by atoms with Gasteiger partial charge in [0.05, 0.1) is 0 Å². The lowest BCUT2D eigenvalue weighted by Gasteiger charge is -2.06. The Hall–Kier alpha value is -1.63. The molecule has 0 aliphatic heterocycles. The van der Waals surface area contributed by atoms with Crippen molar-refractivity contribution >= 4 is 0 Å². The smallest absolute Gasteiger partial charge is 0.126 e. The standard InChI is InChI=1S/C18H21F/c1-3-4-5-6-15-8-11-16(12-9-15)17-10-7-14(2)18(19)13-17/h7-13H,3-6H2,1-2H3. The second kappa shape index (κ2) is 6.51. The molecule has 0 saturated heterocycles. The number of unbranched alkanes of at least 4 members (excludes halogenated alkanes) is 2. The Morgan fingerprint density at radius 3 is 2.21 bits per heavy atom. The zero-order valence-corrected chi connectivity index (χ0v) is 11.7. The lowest BCUT2D eigenvalue weighted by Crippen LogP contribution is -1.87. The SMILES string of the molecule is CCCCCc1ccc(-c2ccc(C)c(F)c2)cc1. The zero-order chi connectivity index (χ0) is 13.7. The Labute approximate surface area is 115 Å². The third kappa shape index (κ3) is 3.66. The van der Waals surface area contributed by atoms with Crippen LogP contribution in [0.25, 0.3) is 11.1 Å². The molecule has 2 rings (SSSR count). The molecule has 0 atom stereocenters. The lowest BCUT2D eigenvalue weighted by atomic mass is 10.0. The lowest BCUT2D eigenvalue weighted by molar-refractivity contribution is 0.619. The van der Waals surface area contributed by atoms with Crippen molar-refractivity contribution in [3.05, 3.63) is 59.4 Å². The predicted molar refractivity (Wildman–Crippen MR) is 79.8 cm³/mol. The predicted octanol–water partition coefficient (Wildman–Crippen LogP) is 5.53. The van der Waals surface area contributed by atoms with E-state index in [4.69, 9.17) is 0 Å². The summed E-state index contributed by atoms with van der Waals surface area (Å²) in [5.74, 6) is -0.135. The van der Waals surface area contributed by atoms with Crippen molar-refractivity contribution in [2.45, 2.75) is 39.5 Å². The van der Waals surface area contributed by atoms with Gasteiger partial charge in [0.1, 0.15) is 5.82 Å². The van der Waals surface area contributed by atoms with Crippen LogP contribution in [0.3, 0.4) is 0 Å². The quantitative estimate of drug-likeness (QED) is 0.617. The minimum atomic E-state index is -0.135. The maximum absolute atomic E-state index is 13.5. The molecule has 0 aliphatic carbocycles. The fraction of sp³-hybridized carbons (Fsp3) is 0.333. The highest BCUT2D eigenvalue weighted by Gasteiger charge is 2.02. The van der Waals surface area contributed by atoms with Gasteiger partial charge < -0.3 is 0 Å². The van der Waals surface area contributed by atoms with Crippen LogP contribution in [0.1, 0.15) is 37.3 Å². The number of rotatable bonds is 5. The molecule has 2 aromatic rings. The van der Waals surface area contributed by atoms with E-state index < -0.39 is 0 Å². The van der Waals surface area contributed by atoms with E-state index in [1.54, 1.807) is 13.0 Å². The molecule has 0 bridgehead atoms. The maximum Gasteiger partial charge on any atom is 0.126 e. The summed E-state index contributed by atoms with van der Waals surface area (Å²) in [7, 11) is 0. The van der Waals surface area contributed by atoms with Gasteiger partial charge in [0.2, 0.25) is 0 Å². The second-order valence-electron chi connectivity index (χ2n) is 5.12. The van der Waals surface area contributed by atoms with E-state index in [-0.39, 0.29) is 5.82 Å². The van der Waals surface area contributed by atoms with E-state index in [1.165, 1.54) is 24.8 Å². The van der Waals surface area contributed by atoms with Gasteiger partial charge in [-0.1, -0.05) is 56.2 Å². The molecule has 0 aliphatic rings. The van der Waals surface area contributed by atoms with Crippen molar-refractivity contribution < 1.29 is 4.39 Å². The van der Waals surface area contributed by atoms with Crippen LogP contribution in [0.4, 0.5) is 4.39 Å². The third-order valence-corrected chi connectivity index (χ3v) is 3.53. The van der Waals surface area contributed by atoms with E-state index in [2.05, 4.69) is 31.2 Å². The third-order valence-electron chi connectivity index (χ3n) is 3.53. The van der Waals surface area contributed by atoms with Crippen molar-refractivity contribution in [1.29, 1.82) is 0 Å². The molecule has 19 heavy (non-hydrogen) atoms. The van der Waals surface area contributed by atoms with Crippen LogP contribution in [-0.4, -0.2) is 0 Å². The highest BCUT2D eigenvalue weighted by Crippen LogP contribution is 2.22. The Morgan fingerprint density at radius 2 is 1.58 bits per heavy atom. The summed E-state index contributed by atoms with van der Waals surface area (Å²) in [6.45, 7) is 4.00. The van der Waals surface area contributed by atoms with Gasteiger partial charge in [0.25, 0.3) is 0 Å². The molecule has 0 saturated carbocycles. The number of aryl methyl sites for hydroxylation is 2. The first-order valence-corrected chi connectivity index (χ1v) is 7.06. The van der Waals surface area contributed by atoms with Crippen LogP contribution in [-0.2, 0) is 6.42 Å². The molecule has 0 N–H and O–H groups in total. The second-order valence-corrected chi connectivity index (χ2v) is 5.12. The van der Waals surface area contributed by atoms with Gasteiger partial charge in [-0.3, -0.25) is 0 Å². The minimum Gasteiger partial charge on any atom is -0.207 e. The average Bonchev–Trinajstić information content (AvgIpc) is 2.43. The summed E-state index contributed by atoms with van der Waals surface area (Å²) < 4.78 is 13.5. The topological polar surface area (TPSA) is 0 Å². The molecule has 0 nitrogen and oxygen atoms in total. The summed E-state index contributed by atoms with van der Waals surface area (Å²) in [6, 6.07) is 13.9. The monoisotopic (exact) mass is 256 g/mol. The van der Waals surface area contributed by atoms with Gasteiger partial charge in [0, 0.05) is 0 Å². The number of hydrogen-bond donors (Lipinski definition) is 0. The Morgan fingerprint density at radius 1 is 0.895 bits per heavy atom. The fourth-order valence-corrected chi connectivity index (χ4v) is 2.22. The summed E-state index contributed by atoms with van der Waals surface area (Å²) in [6.07, 6.45) is 4.91. The van der Waals surface area contributed by atoms with Gasteiger partial charge in [0.15, 0.2) is 0 Å². The van der Waals surface area contributed by atoms with Gasteiger partial charge in [-0.15, -0.1) is 0 Å². The first-order chi connectivity index (χ1) is 9.20. The Balaban J connectivity index is 2.11. The Bertz CT molecular complexity index is 526. The van der Waals surface area contributed by atoms with Gasteiger partial charge in [-0.05, 0) is 48.1 Å². The first-order valence-electron chi connectivity index (χ1n) is 7.06. The van der Waals surface area contributed by atoms with Crippen LogP contribution < -0.4 is 0 Å². The molecule has 0 unspecified atom stereocenters. The first kappa shape index (κ1) is 13.8. The minimum absolute atomic E-state index is 0.135. The highest BCUT2D eigenvalue weighted by atomic mass is 19.1. The van der Waals surface area contributed by atoms with Crippen molar-refractivity contribution in [3.8, 4) is 11.1 Å². The van der Waals surface area contributed by atoms with E-state index >= 15 is 0 Å². The molecule has 0 spiro atoms. The molecular weight excluding hydrogens is 235 g/mol. The van der Waals surface area contributed by atoms with Crippen LogP contribution in [0.2, 0.25) is 0 Å². The fourth-order valence-electron chi connectivity index (χ4n) is 2.22. The van der Waals surface area contributed by atoms with Gasteiger partial charge in [-0.2, -0.15) is 0 Å².